The Kier molecular flexibility index (Phi) is 3.74. The highest BCUT2D eigenvalue weighted by Gasteiger charge is 2.05. The van der Waals surface area contributed by atoms with Crippen LogP contribution in [-0.4, -0.2) is 0 Å². The molecule has 0 heterocycles. The maximum Gasteiger partial charge on any atom is 0.165 e. The fraction of sp³-hybridized carbons (Fsp3) is 0.0769. The van der Waals surface area contributed by atoms with E-state index in [0.29, 0.717) is 4.47 Å². The third-order valence-electron chi connectivity index (χ3n) is 2.23. The van der Waals surface area contributed by atoms with E-state index in [9.17, 15) is 8.78 Å². The minimum Gasteiger partial charge on any atom is -0.486 e. The maximum atomic E-state index is 13.3. The monoisotopic (exact) mass is 298 g/mol. The quantitative estimate of drug-likeness (QED) is 0.820. The van der Waals surface area contributed by atoms with E-state index in [2.05, 4.69) is 15.9 Å². The molecule has 0 radical (unpaired) electrons. The van der Waals surface area contributed by atoms with Crippen LogP contribution < -0.4 is 4.74 Å². The molecule has 0 fully saturated rings. The first kappa shape index (κ1) is 12.0. The Balaban J connectivity index is 2.10. The molecule has 4 heteroatoms. The van der Waals surface area contributed by atoms with Crippen LogP contribution in [0.1, 0.15) is 5.56 Å². The predicted molar refractivity (Wildman–Crippen MR) is 64.8 cm³/mol. The topological polar surface area (TPSA) is 9.23 Å². The second-order valence-corrected chi connectivity index (χ2v) is 4.31. The van der Waals surface area contributed by atoms with Crippen molar-refractivity contribution in [2.75, 3.05) is 0 Å². The first-order valence-corrected chi connectivity index (χ1v) is 5.77. The molecule has 0 saturated heterocycles. The average molecular weight is 299 g/mol. The number of hydrogen-bond acceptors (Lipinski definition) is 1. The van der Waals surface area contributed by atoms with Gasteiger partial charge in [0.05, 0.1) is 0 Å². The fourth-order valence-electron chi connectivity index (χ4n) is 1.36. The third-order valence-corrected chi connectivity index (χ3v) is 2.97. The van der Waals surface area contributed by atoms with Gasteiger partial charge in [0, 0.05) is 10.0 Å². The zero-order valence-corrected chi connectivity index (χ0v) is 10.4. The maximum absolute atomic E-state index is 13.3. The van der Waals surface area contributed by atoms with Crippen molar-refractivity contribution in [2.24, 2.45) is 0 Å². The predicted octanol–water partition coefficient (Wildman–Crippen LogP) is 4.31. The van der Waals surface area contributed by atoms with Gasteiger partial charge < -0.3 is 4.74 Å². The molecule has 0 bridgehead atoms. The van der Waals surface area contributed by atoms with Crippen molar-refractivity contribution in [3.8, 4) is 5.75 Å². The van der Waals surface area contributed by atoms with E-state index in [1.807, 2.05) is 0 Å². The van der Waals surface area contributed by atoms with Gasteiger partial charge in [-0.25, -0.2) is 8.78 Å². The molecule has 0 aliphatic carbocycles. The Labute approximate surface area is 106 Å². The molecule has 2 aromatic rings. The van der Waals surface area contributed by atoms with E-state index >= 15 is 0 Å². The number of para-hydroxylation sites is 1. The highest BCUT2D eigenvalue weighted by Crippen LogP contribution is 2.21. The van der Waals surface area contributed by atoms with Crippen LogP contribution in [0.2, 0.25) is 0 Å². The molecule has 0 atom stereocenters. The second kappa shape index (κ2) is 5.27. The van der Waals surface area contributed by atoms with Crippen molar-refractivity contribution in [3.05, 3.63) is 64.1 Å². The van der Waals surface area contributed by atoms with Crippen LogP contribution in [0.3, 0.4) is 0 Å². The number of rotatable bonds is 3. The smallest absolute Gasteiger partial charge is 0.165 e. The van der Waals surface area contributed by atoms with Crippen molar-refractivity contribution in [2.45, 2.75) is 6.61 Å². The molecule has 0 saturated carbocycles. The van der Waals surface area contributed by atoms with Crippen molar-refractivity contribution < 1.29 is 13.5 Å². The van der Waals surface area contributed by atoms with Gasteiger partial charge in [-0.15, -0.1) is 0 Å². The van der Waals surface area contributed by atoms with Crippen LogP contribution in [-0.2, 0) is 6.61 Å². The van der Waals surface area contributed by atoms with E-state index in [4.69, 9.17) is 4.74 Å². The van der Waals surface area contributed by atoms with Gasteiger partial charge >= 0.3 is 0 Å². The number of benzene rings is 2. The molecule has 2 rings (SSSR count). The lowest BCUT2D eigenvalue weighted by Crippen LogP contribution is -1.98. The lowest BCUT2D eigenvalue weighted by atomic mass is 10.2. The summed E-state index contributed by atoms with van der Waals surface area (Å²) in [6.45, 7) is 0.182. The molecule has 88 valence electrons. The molecule has 0 aliphatic rings. The molecule has 0 N–H and O–H groups in total. The molecule has 0 aliphatic heterocycles. The van der Waals surface area contributed by atoms with Crippen molar-refractivity contribution >= 4 is 15.9 Å². The summed E-state index contributed by atoms with van der Waals surface area (Å²) in [5.41, 5.74) is 0.759. The Hall–Kier alpha value is -1.42. The first-order valence-electron chi connectivity index (χ1n) is 4.98. The van der Waals surface area contributed by atoms with Gasteiger partial charge in [0.15, 0.2) is 11.6 Å². The van der Waals surface area contributed by atoms with Crippen LogP contribution in [0, 0.1) is 11.6 Å². The third kappa shape index (κ3) is 3.03. The molecule has 0 spiro atoms. The van der Waals surface area contributed by atoms with Crippen molar-refractivity contribution in [1.29, 1.82) is 0 Å². The summed E-state index contributed by atoms with van der Waals surface area (Å²) >= 11 is 3.23. The van der Waals surface area contributed by atoms with Gasteiger partial charge in [-0.1, -0.05) is 34.1 Å². The van der Waals surface area contributed by atoms with Crippen molar-refractivity contribution in [1.82, 2.24) is 0 Å². The van der Waals surface area contributed by atoms with Crippen LogP contribution >= 0.6 is 15.9 Å². The van der Waals surface area contributed by atoms with Crippen LogP contribution in [0.25, 0.3) is 0 Å². The molecule has 0 unspecified atom stereocenters. The van der Waals surface area contributed by atoms with E-state index in [0.717, 1.165) is 5.56 Å². The van der Waals surface area contributed by atoms with Crippen LogP contribution in [0.5, 0.6) is 5.75 Å². The Morgan fingerprint density at radius 2 is 1.82 bits per heavy atom. The minimum atomic E-state index is -0.411. The molecule has 1 nitrogen and oxygen atoms in total. The summed E-state index contributed by atoms with van der Waals surface area (Å²) in [6, 6.07) is 10.4. The zero-order valence-electron chi connectivity index (χ0n) is 8.79. The fourth-order valence-corrected chi connectivity index (χ4v) is 1.82. The number of hydrogen-bond donors (Lipinski definition) is 0. The normalized spacial score (nSPS) is 10.3. The second-order valence-electron chi connectivity index (χ2n) is 3.45. The minimum absolute atomic E-state index is 0.182. The molecular weight excluding hydrogens is 290 g/mol. The van der Waals surface area contributed by atoms with E-state index in [1.165, 1.54) is 18.2 Å². The number of halogens is 3. The van der Waals surface area contributed by atoms with Gasteiger partial charge in [-0.05, 0) is 24.3 Å². The highest BCUT2D eigenvalue weighted by atomic mass is 79.9. The van der Waals surface area contributed by atoms with Crippen molar-refractivity contribution in [3.63, 3.8) is 0 Å². The average Bonchev–Trinajstić information content (AvgIpc) is 2.30. The summed E-state index contributed by atoms with van der Waals surface area (Å²) in [6.07, 6.45) is 0. The van der Waals surface area contributed by atoms with Crippen LogP contribution in [0.4, 0.5) is 8.78 Å². The lowest BCUT2D eigenvalue weighted by molar-refractivity contribution is 0.289. The summed E-state index contributed by atoms with van der Waals surface area (Å²) in [5.74, 6) is -0.555. The molecule has 0 aromatic heterocycles. The van der Waals surface area contributed by atoms with Gasteiger partial charge in [0.2, 0.25) is 0 Å². The van der Waals surface area contributed by atoms with Gasteiger partial charge in [0.25, 0.3) is 0 Å². The summed E-state index contributed by atoms with van der Waals surface area (Å²) in [5, 5.41) is 0. The Morgan fingerprint density at radius 1 is 1.06 bits per heavy atom. The summed E-state index contributed by atoms with van der Waals surface area (Å²) < 4.78 is 32.0. The zero-order chi connectivity index (χ0) is 12.3. The van der Waals surface area contributed by atoms with Gasteiger partial charge in [-0.2, -0.15) is 0 Å². The van der Waals surface area contributed by atoms with Crippen LogP contribution in [0.15, 0.2) is 46.9 Å². The summed E-state index contributed by atoms with van der Waals surface area (Å²) in [4.78, 5) is 0. The Morgan fingerprint density at radius 3 is 2.53 bits per heavy atom. The van der Waals surface area contributed by atoms with Gasteiger partial charge in [-0.3, -0.25) is 0 Å². The Bertz CT molecular complexity index is 529. The first-order chi connectivity index (χ1) is 8.16. The SMILES string of the molecule is Fc1ccc(COc2ccccc2F)c(Br)c1. The van der Waals surface area contributed by atoms with Gasteiger partial charge in [0.1, 0.15) is 12.4 Å². The largest absolute Gasteiger partial charge is 0.486 e. The molecule has 0 amide bonds. The number of ether oxygens (including phenoxy) is 1. The van der Waals surface area contributed by atoms with E-state index in [-0.39, 0.29) is 18.2 Å². The summed E-state index contributed by atoms with van der Waals surface area (Å²) in [7, 11) is 0. The molecular formula is C13H9BrF2O. The van der Waals surface area contributed by atoms with E-state index < -0.39 is 5.82 Å². The lowest BCUT2D eigenvalue weighted by Gasteiger charge is -2.08. The highest BCUT2D eigenvalue weighted by molar-refractivity contribution is 9.10. The standard InChI is InChI=1S/C13H9BrF2O/c14-11-7-10(15)6-5-9(11)8-17-13-4-2-1-3-12(13)16/h1-7H,8H2. The molecule has 2 aromatic carbocycles. The molecule has 17 heavy (non-hydrogen) atoms. The van der Waals surface area contributed by atoms with E-state index in [1.54, 1.807) is 24.3 Å².